The van der Waals surface area contributed by atoms with Gasteiger partial charge < -0.3 is 0 Å². The Kier molecular flexibility index (Phi) is 7.83. The first-order chi connectivity index (χ1) is 4.41. The van der Waals surface area contributed by atoms with Crippen molar-refractivity contribution in [1.29, 1.82) is 0 Å². The summed E-state index contributed by atoms with van der Waals surface area (Å²) >= 11 is 0. The van der Waals surface area contributed by atoms with E-state index in [1.807, 2.05) is 9.24 Å². The summed E-state index contributed by atoms with van der Waals surface area (Å²) in [4.78, 5) is 0. The maximum absolute atomic E-state index is 2.20. The zero-order chi connectivity index (χ0) is 6.95. The van der Waals surface area contributed by atoms with E-state index in [2.05, 4.69) is 31.2 Å². The van der Waals surface area contributed by atoms with Gasteiger partial charge in [-0.3, -0.25) is 0 Å². The van der Waals surface area contributed by atoms with Gasteiger partial charge in [0.05, 0.1) is 6.16 Å². The van der Waals surface area contributed by atoms with Gasteiger partial charge in [-0.15, -0.1) is 0 Å². The minimum absolute atomic E-state index is 1.16. The Morgan fingerprint density at radius 1 is 1.22 bits per heavy atom. The summed E-state index contributed by atoms with van der Waals surface area (Å²) in [6.07, 6.45) is 12.2. The highest BCUT2D eigenvalue weighted by molar-refractivity contribution is 7.16. The predicted molar refractivity (Wildman–Crippen MR) is 49.2 cm³/mol. The van der Waals surface area contributed by atoms with Crippen molar-refractivity contribution in [2.24, 2.45) is 0 Å². The molecule has 0 aliphatic rings. The fraction of sp³-hybridized carbons (Fsp3) is 0.500. The SMILES string of the molecule is CCCC=CC=CC[PH3+]. The molecule has 0 radical (unpaired) electrons. The van der Waals surface area contributed by atoms with Gasteiger partial charge in [0.2, 0.25) is 0 Å². The van der Waals surface area contributed by atoms with Crippen LogP contribution in [-0.2, 0) is 0 Å². The molecular formula is C8H16P+. The third-order valence-electron chi connectivity index (χ3n) is 1.01. The standard InChI is InChI=1S/C8H15P/c1-2-3-4-5-6-7-8-9/h4-7H,2-3,8-9H2,1H3/p+1. The Morgan fingerprint density at radius 2 is 1.89 bits per heavy atom. The molecule has 9 heavy (non-hydrogen) atoms. The molecule has 0 aliphatic heterocycles. The van der Waals surface area contributed by atoms with E-state index >= 15 is 0 Å². The second kappa shape index (κ2) is 7.91. The van der Waals surface area contributed by atoms with E-state index in [-0.39, 0.29) is 0 Å². The lowest BCUT2D eigenvalue weighted by molar-refractivity contribution is 0.959. The molecule has 1 unspecified atom stereocenters. The molecule has 0 bridgehead atoms. The lowest BCUT2D eigenvalue weighted by atomic mass is 10.3. The van der Waals surface area contributed by atoms with Gasteiger partial charge in [-0.2, -0.15) is 0 Å². The van der Waals surface area contributed by atoms with Crippen LogP contribution in [0, 0.1) is 0 Å². The van der Waals surface area contributed by atoms with Crippen molar-refractivity contribution in [3.63, 3.8) is 0 Å². The highest BCUT2D eigenvalue weighted by Gasteiger charge is 1.69. The minimum Gasteiger partial charge on any atom is -0.0846 e. The zero-order valence-corrected chi connectivity index (χ0v) is 7.55. The van der Waals surface area contributed by atoms with Crippen LogP contribution < -0.4 is 0 Å². The second-order valence-electron chi connectivity index (χ2n) is 1.93. The molecule has 0 nitrogen and oxygen atoms in total. The Labute approximate surface area is 60.2 Å². The number of hydrogen-bond donors (Lipinski definition) is 0. The van der Waals surface area contributed by atoms with E-state index in [1.54, 1.807) is 0 Å². The van der Waals surface area contributed by atoms with E-state index in [0.29, 0.717) is 0 Å². The fourth-order valence-electron chi connectivity index (χ4n) is 0.516. The maximum Gasteiger partial charge on any atom is 0.0708 e. The summed E-state index contributed by atoms with van der Waals surface area (Å²) in [7, 11) is 1.97. The van der Waals surface area contributed by atoms with Crippen molar-refractivity contribution in [2.75, 3.05) is 6.16 Å². The number of allylic oxidation sites excluding steroid dienone is 4. The molecule has 0 heterocycles. The van der Waals surface area contributed by atoms with Gasteiger partial charge >= 0.3 is 0 Å². The molecule has 0 fully saturated rings. The van der Waals surface area contributed by atoms with Gasteiger partial charge in [-0.1, -0.05) is 31.6 Å². The summed E-state index contributed by atoms with van der Waals surface area (Å²) in [5.74, 6) is 0. The molecule has 0 saturated heterocycles. The van der Waals surface area contributed by atoms with Crippen LogP contribution in [0.4, 0.5) is 0 Å². The molecule has 0 amide bonds. The average molecular weight is 143 g/mol. The van der Waals surface area contributed by atoms with Crippen molar-refractivity contribution in [3.05, 3.63) is 24.3 Å². The van der Waals surface area contributed by atoms with E-state index < -0.39 is 0 Å². The molecule has 0 aliphatic carbocycles. The Balaban J connectivity index is 3.13. The van der Waals surface area contributed by atoms with Crippen molar-refractivity contribution in [1.82, 2.24) is 0 Å². The third kappa shape index (κ3) is 7.91. The van der Waals surface area contributed by atoms with Crippen molar-refractivity contribution >= 4 is 9.24 Å². The summed E-state index contributed by atoms with van der Waals surface area (Å²) in [6.45, 7) is 2.19. The fourth-order valence-corrected chi connectivity index (χ4v) is 0.709. The van der Waals surface area contributed by atoms with Gasteiger partial charge in [0, 0.05) is 0 Å². The second-order valence-corrected chi connectivity index (χ2v) is 2.51. The Hall–Kier alpha value is -0.0900. The quantitative estimate of drug-likeness (QED) is 0.419. The molecular weight excluding hydrogens is 127 g/mol. The summed E-state index contributed by atoms with van der Waals surface area (Å²) in [5, 5.41) is 0. The first-order valence-corrected chi connectivity index (χ1v) is 4.52. The van der Waals surface area contributed by atoms with Crippen LogP contribution in [0.25, 0.3) is 0 Å². The summed E-state index contributed by atoms with van der Waals surface area (Å²) < 4.78 is 0. The third-order valence-corrected chi connectivity index (χ3v) is 1.34. The molecule has 0 N–H and O–H groups in total. The van der Waals surface area contributed by atoms with Crippen molar-refractivity contribution in [2.45, 2.75) is 19.8 Å². The van der Waals surface area contributed by atoms with Gasteiger partial charge in [0.1, 0.15) is 0 Å². The number of rotatable bonds is 4. The molecule has 0 aromatic rings. The van der Waals surface area contributed by atoms with Gasteiger partial charge in [0.15, 0.2) is 0 Å². The Morgan fingerprint density at radius 3 is 2.44 bits per heavy atom. The van der Waals surface area contributed by atoms with Crippen LogP contribution in [0.1, 0.15) is 19.8 Å². The highest BCUT2D eigenvalue weighted by Crippen LogP contribution is 1.89. The van der Waals surface area contributed by atoms with Crippen molar-refractivity contribution < 1.29 is 0 Å². The molecule has 0 rings (SSSR count). The summed E-state index contributed by atoms with van der Waals surface area (Å²) in [6, 6.07) is 0. The predicted octanol–water partition coefficient (Wildman–Crippen LogP) is 2.51. The first kappa shape index (κ1) is 8.91. The average Bonchev–Trinajstić information content (AvgIpc) is 1.89. The van der Waals surface area contributed by atoms with Crippen LogP contribution in [0.2, 0.25) is 0 Å². The van der Waals surface area contributed by atoms with Gasteiger partial charge in [0.25, 0.3) is 0 Å². The zero-order valence-electron chi connectivity index (χ0n) is 6.14. The van der Waals surface area contributed by atoms with Crippen LogP contribution in [0.3, 0.4) is 0 Å². The Bertz CT molecular complexity index is 92.7. The topological polar surface area (TPSA) is 0 Å². The molecule has 1 atom stereocenters. The van der Waals surface area contributed by atoms with Crippen molar-refractivity contribution in [3.8, 4) is 0 Å². The van der Waals surface area contributed by atoms with Crippen LogP contribution in [0.5, 0.6) is 0 Å². The van der Waals surface area contributed by atoms with Crippen LogP contribution >= 0.6 is 9.24 Å². The molecule has 1 heteroatoms. The molecule has 52 valence electrons. The van der Waals surface area contributed by atoms with E-state index in [1.165, 1.54) is 12.8 Å². The van der Waals surface area contributed by atoms with Gasteiger partial charge in [-0.25, -0.2) is 0 Å². The molecule has 0 aromatic carbocycles. The molecule has 0 saturated carbocycles. The monoisotopic (exact) mass is 143 g/mol. The summed E-state index contributed by atoms with van der Waals surface area (Å²) in [5.41, 5.74) is 0. The lowest BCUT2D eigenvalue weighted by Crippen LogP contribution is -1.59. The van der Waals surface area contributed by atoms with Crippen LogP contribution in [-0.4, -0.2) is 6.16 Å². The van der Waals surface area contributed by atoms with E-state index in [9.17, 15) is 0 Å². The number of hydrogen-bond acceptors (Lipinski definition) is 0. The number of unbranched alkanes of at least 4 members (excludes halogenated alkanes) is 1. The largest absolute Gasteiger partial charge is 0.0846 e. The van der Waals surface area contributed by atoms with E-state index in [4.69, 9.17) is 0 Å². The van der Waals surface area contributed by atoms with E-state index in [0.717, 1.165) is 6.16 Å². The molecule has 0 spiro atoms. The highest BCUT2D eigenvalue weighted by atomic mass is 31.0. The molecule has 0 aromatic heterocycles. The normalized spacial score (nSPS) is 12.1. The first-order valence-electron chi connectivity index (χ1n) is 3.52. The minimum atomic E-state index is 1.16. The maximum atomic E-state index is 2.20. The smallest absolute Gasteiger partial charge is 0.0708 e. The van der Waals surface area contributed by atoms with Crippen LogP contribution in [0.15, 0.2) is 24.3 Å². The lowest BCUT2D eigenvalue weighted by Gasteiger charge is -1.78. The van der Waals surface area contributed by atoms with Gasteiger partial charge in [-0.05, 0) is 21.7 Å².